The quantitative estimate of drug-likeness (QED) is 0.0515. The third-order valence-electron chi connectivity index (χ3n) is 13.3. The van der Waals surface area contributed by atoms with Gasteiger partial charge in [-0.1, -0.05) is 62.9 Å². The first kappa shape index (κ1) is 57.9. The minimum Gasteiger partial charge on any atom is -0.493 e. The number of aliphatic hydroxyl groups is 2. The number of ether oxygens (including phenoxy) is 6. The molecular formula is C56H65N7O16. The molecule has 7 rings (SSSR count). The topological polar surface area (TPSA) is 285 Å². The van der Waals surface area contributed by atoms with Crippen LogP contribution >= 0.6 is 0 Å². The summed E-state index contributed by atoms with van der Waals surface area (Å²) in [5.41, 5.74) is 2.18. The van der Waals surface area contributed by atoms with Crippen LogP contribution in [-0.2, 0) is 25.7 Å². The SMILES string of the molecule is C=CCOC(=O)N[C@@H](C(=O)N[C@H](C)C(=O)Nc1ccc(COC(=O)N2c3cc(OCCCOc4cc5c(cc4OC)C(=O)N4C=C(C=CC)CC4C(O)N5C(=O)O)c(OC)cc3C(=O)N3C=C(C=CC)C[C@H]3[C@@H]2O)cc1)C(C)C. The largest absolute Gasteiger partial charge is 0.493 e. The average molecular weight is 1090 g/mol. The van der Waals surface area contributed by atoms with Crippen LogP contribution in [0, 0.1) is 5.92 Å². The number of hydrogen-bond acceptors (Lipinski definition) is 15. The fourth-order valence-electron chi connectivity index (χ4n) is 9.39. The molecule has 4 aliphatic heterocycles. The number of nitrogens with zero attached hydrogens (tertiary/aromatic N) is 4. The molecule has 0 bridgehead atoms. The second-order valence-corrected chi connectivity index (χ2v) is 19.0. The van der Waals surface area contributed by atoms with Crippen molar-refractivity contribution in [3.05, 3.63) is 126 Å². The molecule has 0 spiro atoms. The predicted molar refractivity (Wildman–Crippen MR) is 288 cm³/mol. The summed E-state index contributed by atoms with van der Waals surface area (Å²) in [6.07, 6.45) is 5.88. The Labute approximate surface area is 456 Å². The zero-order valence-electron chi connectivity index (χ0n) is 44.8. The normalized spacial score (nSPS) is 19.2. The van der Waals surface area contributed by atoms with Crippen molar-refractivity contribution in [1.82, 2.24) is 20.4 Å². The van der Waals surface area contributed by atoms with Crippen LogP contribution in [0.1, 0.15) is 80.2 Å². The molecule has 4 aliphatic rings. The molecule has 79 heavy (non-hydrogen) atoms. The minimum absolute atomic E-state index is 0.000495. The smallest absolute Gasteiger partial charge is 0.416 e. The number of rotatable bonds is 20. The van der Waals surface area contributed by atoms with Crippen molar-refractivity contribution in [1.29, 1.82) is 0 Å². The summed E-state index contributed by atoms with van der Waals surface area (Å²) in [6, 6.07) is 8.06. The number of carboxylic acid groups (broad SMARTS) is 1. The van der Waals surface area contributed by atoms with Crippen molar-refractivity contribution < 1.29 is 77.3 Å². The van der Waals surface area contributed by atoms with Gasteiger partial charge in [-0.05, 0) is 80.5 Å². The van der Waals surface area contributed by atoms with E-state index in [4.69, 9.17) is 28.4 Å². The maximum absolute atomic E-state index is 14.3. The molecule has 0 saturated carbocycles. The summed E-state index contributed by atoms with van der Waals surface area (Å²) in [4.78, 5) is 97.8. The minimum atomic E-state index is -1.61. The van der Waals surface area contributed by atoms with Crippen molar-refractivity contribution in [3.8, 4) is 23.0 Å². The first-order valence-electron chi connectivity index (χ1n) is 25.4. The summed E-state index contributed by atoms with van der Waals surface area (Å²) < 4.78 is 34.2. The highest BCUT2D eigenvalue weighted by Crippen LogP contribution is 2.44. The summed E-state index contributed by atoms with van der Waals surface area (Å²) >= 11 is 0. The van der Waals surface area contributed by atoms with Crippen molar-refractivity contribution in [3.63, 3.8) is 0 Å². The summed E-state index contributed by atoms with van der Waals surface area (Å²) in [6.45, 7) is 11.6. The molecule has 0 saturated heterocycles. The highest BCUT2D eigenvalue weighted by Gasteiger charge is 2.47. The lowest BCUT2D eigenvalue weighted by Crippen LogP contribution is -2.53. The van der Waals surface area contributed by atoms with E-state index in [1.165, 1.54) is 61.3 Å². The Morgan fingerprint density at radius 1 is 0.722 bits per heavy atom. The van der Waals surface area contributed by atoms with E-state index >= 15 is 0 Å². The van der Waals surface area contributed by atoms with Gasteiger partial charge in [0.05, 0.1) is 62.0 Å². The van der Waals surface area contributed by atoms with E-state index < -0.39 is 78.5 Å². The number of allylic oxidation sites excluding steroid dienone is 4. The highest BCUT2D eigenvalue weighted by molar-refractivity contribution is 6.07. The predicted octanol–water partition coefficient (Wildman–Crippen LogP) is 6.57. The molecule has 23 nitrogen and oxygen atoms in total. The number of fused-ring (bicyclic) bond motifs is 4. The van der Waals surface area contributed by atoms with E-state index in [9.17, 15) is 48.9 Å². The number of aliphatic hydroxyl groups excluding tert-OH is 2. The first-order chi connectivity index (χ1) is 37.8. The lowest BCUT2D eigenvalue weighted by molar-refractivity contribution is -0.128. The van der Waals surface area contributed by atoms with Crippen LogP contribution in [0.4, 0.5) is 31.4 Å². The Hall–Kier alpha value is -8.83. The number of anilines is 3. The van der Waals surface area contributed by atoms with Crippen LogP contribution in [0.5, 0.6) is 23.0 Å². The maximum atomic E-state index is 14.3. The van der Waals surface area contributed by atoms with E-state index in [0.29, 0.717) is 11.3 Å². The van der Waals surface area contributed by atoms with Gasteiger partial charge in [0.25, 0.3) is 11.8 Å². The number of nitrogens with one attached hydrogen (secondary N) is 3. The fourth-order valence-corrected chi connectivity index (χ4v) is 9.39. The zero-order valence-corrected chi connectivity index (χ0v) is 44.8. The Bertz CT molecular complexity index is 2970. The van der Waals surface area contributed by atoms with E-state index in [0.717, 1.165) is 20.9 Å². The van der Waals surface area contributed by atoms with Gasteiger partial charge in [-0.25, -0.2) is 24.2 Å². The molecule has 6 N–H and O–H groups in total. The number of carbonyl (C=O) groups is 7. The second kappa shape index (κ2) is 25.5. The zero-order chi connectivity index (χ0) is 57.2. The number of hydrogen-bond donors (Lipinski definition) is 6. The molecule has 0 radical (unpaired) electrons. The molecule has 7 amide bonds. The van der Waals surface area contributed by atoms with Gasteiger partial charge in [0.2, 0.25) is 11.8 Å². The Morgan fingerprint density at radius 2 is 1.24 bits per heavy atom. The van der Waals surface area contributed by atoms with Crippen LogP contribution in [0.15, 0.2) is 109 Å². The Kier molecular flexibility index (Phi) is 18.7. The molecule has 23 heteroatoms. The molecule has 6 atom stereocenters. The van der Waals surface area contributed by atoms with Gasteiger partial charge in [-0.15, -0.1) is 0 Å². The number of benzene rings is 3. The molecule has 2 unspecified atom stereocenters. The van der Waals surface area contributed by atoms with E-state index in [-0.39, 0.29) is 97.1 Å². The lowest BCUT2D eigenvalue weighted by atomic mass is 10.0. The third kappa shape index (κ3) is 12.8. The Balaban J connectivity index is 1.04. The molecule has 0 aromatic heterocycles. The van der Waals surface area contributed by atoms with E-state index in [1.54, 1.807) is 74.8 Å². The standard InChI is InChI=1S/C56H65N7O16/c1-9-13-34-22-41-52(68)62(55(71)72)39-26-45(43(74-7)24-37(39)50(66)60(41)28-34)76-20-12-21-77-46-27-40-38(25-44(46)75-8)51(67)61-29-35(14-10-2)23-42(61)53(69)63(40)56(73)79-30-33-15-17-36(18-16-33)58-48(64)32(6)57-49(65)47(31(4)5)59-54(70)78-19-11-3/h9-11,13-18,24-29,31-32,41-42,47,52-53,68-69H,3,12,19-23,30H2,1-2,4-8H3,(H,57,65)(H,58,64)(H,59,70)(H,71,72)/t32-,41?,42+,47-,52?,53+/m1/s1. The maximum Gasteiger partial charge on any atom is 0.416 e. The number of carbonyl (C=O) groups excluding carboxylic acids is 6. The number of amides is 7. The average Bonchev–Trinajstić information content (AvgIpc) is 4.28. The van der Waals surface area contributed by atoms with Gasteiger partial charge >= 0.3 is 18.3 Å². The third-order valence-corrected chi connectivity index (χ3v) is 13.3. The van der Waals surface area contributed by atoms with Gasteiger partial charge in [0.1, 0.15) is 25.3 Å². The van der Waals surface area contributed by atoms with Gasteiger partial charge in [0.15, 0.2) is 35.5 Å². The van der Waals surface area contributed by atoms with Gasteiger partial charge in [-0.2, -0.15) is 0 Å². The second-order valence-electron chi connectivity index (χ2n) is 19.0. The van der Waals surface area contributed by atoms with Crippen LogP contribution in [0.25, 0.3) is 0 Å². The molecule has 3 aromatic carbocycles. The molecule has 0 fully saturated rings. The van der Waals surface area contributed by atoms with E-state index in [2.05, 4.69) is 22.5 Å². The molecule has 3 aromatic rings. The number of methoxy groups -OCH3 is 2. The summed E-state index contributed by atoms with van der Waals surface area (Å²) in [5, 5.41) is 41.5. The van der Waals surface area contributed by atoms with Gasteiger partial charge in [0, 0.05) is 36.6 Å². The van der Waals surface area contributed by atoms with Gasteiger partial charge < -0.3 is 69.5 Å². The molecule has 0 aliphatic carbocycles. The van der Waals surface area contributed by atoms with Crippen LogP contribution < -0.4 is 44.7 Å². The van der Waals surface area contributed by atoms with Crippen molar-refractivity contribution in [2.75, 3.05) is 49.2 Å². The van der Waals surface area contributed by atoms with Crippen molar-refractivity contribution in [2.24, 2.45) is 5.92 Å². The first-order valence-corrected chi connectivity index (χ1v) is 25.4. The van der Waals surface area contributed by atoms with Crippen molar-refractivity contribution >= 4 is 59.0 Å². The van der Waals surface area contributed by atoms with Gasteiger partial charge in [-0.3, -0.25) is 19.2 Å². The van der Waals surface area contributed by atoms with Crippen LogP contribution in [0.2, 0.25) is 0 Å². The summed E-state index contributed by atoms with van der Waals surface area (Å²) in [7, 11) is 2.74. The van der Waals surface area contributed by atoms with Crippen molar-refractivity contribution in [2.45, 2.75) is 97.1 Å². The molecular weight excluding hydrogens is 1030 g/mol. The highest BCUT2D eigenvalue weighted by atomic mass is 16.6. The van der Waals surface area contributed by atoms with Crippen LogP contribution in [-0.4, -0.2) is 138 Å². The fraction of sp³-hybridized carbons (Fsp3) is 0.375. The monoisotopic (exact) mass is 1090 g/mol. The number of alkyl carbamates (subject to hydrolysis) is 1. The molecule has 420 valence electrons. The van der Waals surface area contributed by atoms with Crippen LogP contribution in [0.3, 0.4) is 0 Å². The Morgan fingerprint density at radius 3 is 1.72 bits per heavy atom. The lowest BCUT2D eigenvalue weighted by Gasteiger charge is -2.31. The summed E-state index contributed by atoms with van der Waals surface area (Å²) in [5.74, 6) is -2.09. The van der Waals surface area contributed by atoms with E-state index in [1.807, 2.05) is 13.8 Å². The molecule has 4 heterocycles.